The molecule has 0 aliphatic rings. The van der Waals surface area contributed by atoms with E-state index in [1.807, 2.05) is 20.1 Å². The lowest BCUT2D eigenvalue weighted by molar-refractivity contribution is 0.528. The average molecular weight is 263 g/mol. The van der Waals surface area contributed by atoms with Gasteiger partial charge in [-0.1, -0.05) is 11.6 Å². The fourth-order valence-corrected chi connectivity index (χ4v) is 1.65. The number of aromatic amines is 1. The van der Waals surface area contributed by atoms with Gasteiger partial charge < -0.3 is 0 Å². The Morgan fingerprint density at radius 2 is 2.00 bits per heavy atom. The quantitative estimate of drug-likeness (QED) is 0.843. The summed E-state index contributed by atoms with van der Waals surface area (Å²) in [5, 5.41) is 0.119. The number of aromatic nitrogens is 2. The van der Waals surface area contributed by atoms with E-state index in [9.17, 15) is 9.59 Å². The Balaban J connectivity index is 3.32. The summed E-state index contributed by atoms with van der Waals surface area (Å²) >= 11 is 7.33. The molecule has 0 atom stereocenters. The minimum Gasteiger partial charge on any atom is -0.297 e. The highest BCUT2D eigenvalue weighted by Gasteiger charge is 2.20. The van der Waals surface area contributed by atoms with E-state index in [2.05, 4.69) is 4.98 Å². The summed E-state index contributed by atoms with van der Waals surface area (Å²) < 4.78 is 1.02. The van der Waals surface area contributed by atoms with Crippen molar-refractivity contribution < 1.29 is 0 Å². The van der Waals surface area contributed by atoms with Crippen molar-refractivity contribution in [2.75, 3.05) is 6.26 Å². The van der Waals surface area contributed by atoms with Crippen LogP contribution in [0.3, 0.4) is 0 Å². The van der Waals surface area contributed by atoms with Crippen molar-refractivity contribution in [3.8, 4) is 0 Å². The van der Waals surface area contributed by atoms with E-state index in [1.54, 1.807) is 18.7 Å². The van der Waals surface area contributed by atoms with Crippen molar-refractivity contribution in [1.82, 2.24) is 9.55 Å². The lowest BCUT2D eigenvalue weighted by Gasteiger charge is -2.22. The molecule has 4 nitrogen and oxygen atoms in total. The van der Waals surface area contributed by atoms with Crippen LogP contribution in [0.2, 0.25) is 5.15 Å². The molecule has 0 aliphatic carbocycles. The molecule has 0 radical (unpaired) electrons. The third-order valence-corrected chi connectivity index (χ3v) is 4.06. The largest absolute Gasteiger partial charge is 0.329 e. The molecule has 0 saturated heterocycles. The monoisotopic (exact) mass is 262 g/mol. The fraction of sp³-hybridized carbons (Fsp3) is 0.600. The van der Waals surface area contributed by atoms with Gasteiger partial charge in [0.25, 0.3) is 5.56 Å². The van der Waals surface area contributed by atoms with Crippen LogP contribution in [0.4, 0.5) is 0 Å². The minimum absolute atomic E-state index is 0.119. The zero-order valence-corrected chi connectivity index (χ0v) is 11.3. The lowest BCUT2D eigenvalue weighted by atomic mass is 10.2. The van der Waals surface area contributed by atoms with E-state index in [0.29, 0.717) is 12.1 Å². The molecule has 1 aromatic heterocycles. The Morgan fingerprint density at radius 1 is 1.44 bits per heavy atom. The molecule has 0 unspecified atom stereocenters. The molecule has 0 amide bonds. The van der Waals surface area contributed by atoms with Gasteiger partial charge in [-0.3, -0.25) is 14.3 Å². The maximum atomic E-state index is 11.9. The predicted molar refractivity (Wildman–Crippen MR) is 68.7 cm³/mol. The topological polar surface area (TPSA) is 54.9 Å². The molecule has 0 bridgehead atoms. The highest BCUT2D eigenvalue weighted by molar-refractivity contribution is 7.99. The van der Waals surface area contributed by atoms with Gasteiger partial charge in [0, 0.05) is 16.9 Å². The summed E-state index contributed by atoms with van der Waals surface area (Å²) in [5.74, 6) is 0. The third-order valence-electron chi connectivity index (χ3n) is 2.45. The van der Waals surface area contributed by atoms with Gasteiger partial charge in [-0.05, 0) is 27.0 Å². The molecule has 0 fully saturated rings. The number of hydrogen-bond donors (Lipinski definition) is 1. The zero-order valence-electron chi connectivity index (χ0n) is 9.76. The summed E-state index contributed by atoms with van der Waals surface area (Å²) in [4.78, 5) is 25.9. The van der Waals surface area contributed by atoms with E-state index in [-0.39, 0.29) is 15.5 Å². The summed E-state index contributed by atoms with van der Waals surface area (Å²) in [5.41, 5.74) is -0.406. The number of halogens is 1. The van der Waals surface area contributed by atoms with Crippen LogP contribution in [0.5, 0.6) is 0 Å². The van der Waals surface area contributed by atoms with Gasteiger partial charge in [0.2, 0.25) is 0 Å². The van der Waals surface area contributed by atoms with Gasteiger partial charge >= 0.3 is 5.69 Å². The van der Waals surface area contributed by atoms with Crippen LogP contribution in [0.1, 0.15) is 19.4 Å². The molecule has 1 aromatic rings. The van der Waals surface area contributed by atoms with Crippen molar-refractivity contribution in [1.29, 1.82) is 0 Å². The van der Waals surface area contributed by atoms with Crippen molar-refractivity contribution in [3.05, 3.63) is 31.6 Å². The van der Waals surface area contributed by atoms with E-state index in [0.717, 1.165) is 0 Å². The fourth-order valence-electron chi connectivity index (χ4n) is 1.23. The molecular formula is C10H15ClN2O2S. The van der Waals surface area contributed by atoms with Crippen molar-refractivity contribution in [2.45, 2.75) is 32.1 Å². The second-order valence-electron chi connectivity index (χ2n) is 4.22. The van der Waals surface area contributed by atoms with Gasteiger partial charge in [0.15, 0.2) is 0 Å². The smallest absolute Gasteiger partial charge is 0.297 e. The third kappa shape index (κ3) is 2.71. The maximum absolute atomic E-state index is 11.9. The Labute approximate surface area is 103 Å². The van der Waals surface area contributed by atoms with Crippen LogP contribution in [0, 0.1) is 6.92 Å². The van der Waals surface area contributed by atoms with Crippen LogP contribution in [0.25, 0.3) is 0 Å². The van der Waals surface area contributed by atoms with Crippen LogP contribution in [-0.2, 0) is 6.54 Å². The molecule has 0 spiro atoms. The first-order valence-corrected chi connectivity index (χ1v) is 6.43. The number of thioether (sulfide) groups is 1. The normalized spacial score (nSPS) is 11.8. The number of nitrogens with zero attached hydrogens (tertiary/aromatic N) is 1. The number of rotatable bonds is 3. The van der Waals surface area contributed by atoms with Gasteiger partial charge in [-0.2, -0.15) is 11.8 Å². The van der Waals surface area contributed by atoms with Crippen molar-refractivity contribution in [2.24, 2.45) is 0 Å². The molecule has 6 heteroatoms. The Bertz CT molecular complexity index is 505. The van der Waals surface area contributed by atoms with E-state index in [4.69, 9.17) is 11.6 Å². The summed E-state index contributed by atoms with van der Waals surface area (Å²) in [6.45, 7) is 5.92. The highest BCUT2D eigenvalue weighted by Crippen LogP contribution is 2.22. The minimum atomic E-state index is -0.456. The number of hydrogen-bond acceptors (Lipinski definition) is 3. The molecule has 0 aromatic carbocycles. The SMILES string of the molecule is CSC(C)(C)Cn1c(=O)[nH]c(Cl)c(C)c1=O. The summed E-state index contributed by atoms with van der Waals surface area (Å²) in [6, 6.07) is 0. The Morgan fingerprint density at radius 3 is 2.50 bits per heavy atom. The predicted octanol–water partition coefficient (Wildman–Crippen LogP) is 1.64. The van der Waals surface area contributed by atoms with E-state index < -0.39 is 5.69 Å². The van der Waals surface area contributed by atoms with Crippen LogP contribution >= 0.6 is 23.4 Å². The van der Waals surface area contributed by atoms with Crippen LogP contribution < -0.4 is 11.2 Å². The lowest BCUT2D eigenvalue weighted by Crippen LogP contribution is -2.41. The van der Waals surface area contributed by atoms with Crippen molar-refractivity contribution >= 4 is 23.4 Å². The molecule has 1 N–H and O–H groups in total. The van der Waals surface area contributed by atoms with Gasteiger partial charge in [0.1, 0.15) is 5.15 Å². The van der Waals surface area contributed by atoms with Gasteiger partial charge in [-0.15, -0.1) is 0 Å². The second-order valence-corrected chi connectivity index (χ2v) is 6.12. The summed E-state index contributed by atoms with van der Waals surface area (Å²) in [6.07, 6.45) is 1.95. The summed E-state index contributed by atoms with van der Waals surface area (Å²) in [7, 11) is 0. The molecule has 1 rings (SSSR count). The maximum Gasteiger partial charge on any atom is 0.329 e. The zero-order chi connectivity index (χ0) is 12.5. The first-order chi connectivity index (χ1) is 7.28. The molecule has 1 heterocycles. The Kier molecular flexibility index (Phi) is 3.91. The number of H-pyrrole nitrogens is 1. The van der Waals surface area contributed by atoms with Gasteiger partial charge in [-0.25, -0.2) is 4.79 Å². The van der Waals surface area contributed by atoms with Crippen LogP contribution in [-0.4, -0.2) is 20.6 Å². The van der Waals surface area contributed by atoms with E-state index in [1.165, 1.54) is 4.57 Å². The highest BCUT2D eigenvalue weighted by atomic mass is 35.5. The second kappa shape index (κ2) is 4.67. The molecule has 90 valence electrons. The standard InChI is InChI=1S/C10H15ClN2O2S/c1-6-7(11)12-9(15)13(8(6)14)5-10(2,3)16-4/h5H2,1-4H3,(H,12,15). The Hall–Kier alpha value is -0.680. The molecule has 16 heavy (non-hydrogen) atoms. The molecule has 0 saturated carbocycles. The first kappa shape index (κ1) is 13.4. The van der Waals surface area contributed by atoms with E-state index >= 15 is 0 Å². The van der Waals surface area contributed by atoms with Crippen molar-refractivity contribution in [3.63, 3.8) is 0 Å². The first-order valence-electron chi connectivity index (χ1n) is 4.83. The molecule has 0 aliphatic heterocycles. The van der Waals surface area contributed by atoms with Crippen LogP contribution in [0.15, 0.2) is 9.59 Å². The number of nitrogens with one attached hydrogen (secondary N) is 1. The molecular weight excluding hydrogens is 248 g/mol. The average Bonchev–Trinajstić information content (AvgIpc) is 2.21. The van der Waals surface area contributed by atoms with Gasteiger partial charge in [0.05, 0.1) is 0 Å².